The molecule has 1 amide bonds. The Bertz CT molecular complexity index is 1050. The average Bonchev–Trinajstić information content (AvgIpc) is 3.39. The van der Waals surface area contributed by atoms with Crippen molar-refractivity contribution in [2.24, 2.45) is 5.73 Å². The summed E-state index contributed by atoms with van der Waals surface area (Å²) in [6.45, 7) is 1.17. The first-order valence-corrected chi connectivity index (χ1v) is 10.1. The molecule has 0 aliphatic carbocycles. The third-order valence-electron chi connectivity index (χ3n) is 5.26. The van der Waals surface area contributed by atoms with Gasteiger partial charge in [-0.05, 0) is 36.2 Å². The molecule has 0 bridgehead atoms. The van der Waals surface area contributed by atoms with Crippen LogP contribution >= 0.6 is 11.6 Å². The first-order valence-electron chi connectivity index (χ1n) is 9.75. The summed E-state index contributed by atoms with van der Waals surface area (Å²) >= 11 is 6.16. The maximum Gasteiger partial charge on any atom is 0.250 e. The van der Waals surface area contributed by atoms with Crippen LogP contribution < -0.4 is 11.1 Å². The first-order chi connectivity index (χ1) is 14.6. The third kappa shape index (κ3) is 4.18. The number of nitrogens with one attached hydrogen (secondary N) is 1. The van der Waals surface area contributed by atoms with Crippen molar-refractivity contribution in [2.75, 3.05) is 25.1 Å². The van der Waals surface area contributed by atoms with Gasteiger partial charge in [0.05, 0.1) is 30.5 Å². The van der Waals surface area contributed by atoms with E-state index < -0.39 is 11.8 Å². The molecule has 0 radical (unpaired) electrons. The summed E-state index contributed by atoms with van der Waals surface area (Å²) < 4.78 is 7.27. The molecule has 1 aliphatic rings. The molecule has 3 heterocycles. The fourth-order valence-electron chi connectivity index (χ4n) is 3.81. The average molecular weight is 427 g/mol. The van der Waals surface area contributed by atoms with Crippen molar-refractivity contribution in [1.29, 1.82) is 0 Å². The number of rotatable bonds is 7. The lowest BCUT2D eigenvalue weighted by atomic mass is 9.93. The molecule has 1 aromatic carbocycles. The number of aliphatic hydroxyl groups is 1. The number of nitrogens with zero attached hydrogens (tertiary/aromatic N) is 2. The quantitative estimate of drug-likeness (QED) is 0.539. The Morgan fingerprint density at radius 2 is 2.23 bits per heavy atom. The summed E-state index contributed by atoms with van der Waals surface area (Å²) in [5, 5.41) is 14.1. The van der Waals surface area contributed by atoms with Crippen molar-refractivity contribution < 1.29 is 14.6 Å². The predicted molar refractivity (Wildman–Crippen MR) is 115 cm³/mol. The molecule has 7 nitrogen and oxygen atoms in total. The van der Waals surface area contributed by atoms with Crippen LogP contribution in [0.3, 0.4) is 0 Å². The highest BCUT2D eigenvalue weighted by Gasteiger charge is 2.25. The molecule has 8 heteroatoms. The van der Waals surface area contributed by atoms with Crippen molar-refractivity contribution in [1.82, 2.24) is 9.55 Å². The molecule has 3 aromatic rings. The zero-order chi connectivity index (χ0) is 21.1. The van der Waals surface area contributed by atoms with Gasteiger partial charge in [-0.1, -0.05) is 23.7 Å². The van der Waals surface area contributed by atoms with Crippen molar-refractivity contribution in [3.63, 3.8) is 0 Å². The van der Waals surface area contributed by atoms with Crippen LogP contribution in [0.2, 0.25) is 5.02 Å². The lowest BCUT2D eigenvalue weighted by Gasteiger charge is -2.20. The molecule has 156 valence electrons. The number of primary amides is 1. The molecule has 4 rings (SSSR count). The van der Waals surface area contributed by atoms with Gasteiger partial charge in [-0.15, -0.1) is 0 Å². The van der Waals surface area contributed by atoms with E-state index in [0.29, 0.717) is 28.7 Å². The van der Waals surface area contributed by atoms with Gasteiger partial charge in [-0.2, -0.15) is 0 Å². The summed E-state index contributed by atoms with van der Waals surface area (Å²) in [7, 11) is 0. The van der Waals surface area contributed by atoms with Crippen LogP contribution in [0.5, 0.6) is 0 Å². The van der Waals surface area contributed by atoms with Crippen molar-refractivity contribution in [3.05, 3.63) is 76.7 Å². The number of ether oxygens (including phenoxy) is 1. The Morgan fingerprint density at radius 3 is 2.93 bits per heavy atom. The van der Waals surface area contributed by atoms with Crippen LogP contribution in [-0.2, 0) is 4.74 Å². The van der Waals surface area contributed by atoms with E-state index >= 15 is 0 Å². The molecule has 0 saturated carbocycles. The largest absolute Gasteiger partial charge is 0.395 e. The molecule has 2 atom stereocenters. The van der Waals surface area contributed by atoms with E-state index in [9.17, 15) is 9.90 Å². The standard InChI is InChI=1S/C22H23ClN4O3/c23-15-3-1-2-14(10-15)19(12-28)21-18(22(24)29)5-8-27(21)17-4-7-25-20(11-17)26-16-6-9-30-13-16/h1-5,7-8,10-11,16,19,28H,6,9,12-13H2,(H2,24,29)(H,25,26)/t16?,19-/m0/s1. The molecule has 30 heavy (non-hydrogen) atoms. The van der Waals surface area contributed by atoms with Gasteiger partial charge in [0.25, 0.3) is 5.91 Å². The summed E-state index contributed by atoms with van der Waals surface area (Å²) in [4.78, 5) is 16.5. The van der Waals surface area contributed by atoms with E-state index in [1.807, 2.05) is 28.8 Å². The Kier molecular flexibility index (Phi) is 6.03. The Morgan fingerprint density at radius 1 is 1.37 bits per heavy atom. The van der Waals surface area contributed by atoms with Gasteiger partial charge >= 0.3 is 0 Å². The maximum absolute atomic E-state index is 12.1. The van der Waals surface area contributed by atoms with Gasteiger partial charge in [-0.3, -0.25) is 4.79 Å². The Balaban J connectivity index is 1.77. The smallest absolute Gasteiger partial charge is 0.250 e. The molecular formula is C22H23ClN4O3. The van der Waals surface area contributed by atoms with Crippen LogP contribution in [0, 0.1) is 0 Å². The third-order valence-corrected chi connectivity index (χ3v) is 5.49. The van der Waals surface area contributed by atoms with Gasteiger partial charge in [0.1, 0.15) is 5.82 Å². The minimum atomic E-state index is -0.556. The van der Waals surface area contributed by atoms with E-state index in [1.54, 1.807) is 30.6 Å². The molecule has 0 spiro atoms. The van der Waals surface area contributed by atoms with Gasteiger partial charge in [0.15, 0.2) is 0 Å². The second-order valence-electron chi connectivity index (χ2n) is 7.24. The summed E-state index contributed by atoms with van der Waals surface area (Å²) in [5.74, 6) is -0.319. The van der Waals surface area contributed by atoms with Crippen LogP contribution in [0.25, 0.3) is 5.69 Å². The molecule has 1 aliphatic heterocycles. The van der Waals surface area contributed by atoms with E-state index in [-0.39, 0.29) is 12.6 Å². The van der Waals surface area contributed by atoms with E-state index in [4.69, 9.17) is 22.1 Å². The highest BCUT2D eigenvalue weighted by atomic mass is 35.5. The maximum atomic E-state index is 12.1. The van der Waals surface area contributed by atoms with Crippen LogP contribution in [-0.4, -0.2) is 46.4 Å². The fourth-order valence-corrected chi connectivity index (χ4v) is 4.01. The van der Waals surface area contributed by atoms with Gasteiger partial charge in [-0.25, -0.2) is 4.98 Å². The second kappa shape index (κ2) is 8.87. The topological polar surface area (TPSA) is 102 Å². The number of amides is 1. The fraction of sp³-hybridized carbons (Fsp3) is 0.273. The van der Waals surface area contributed by atoms with Crippen LogP contribution in [0.15, 0.2) is 54.9 Å². The highest BCUT2D eigenvalue weighted by molar-refractivity contribution is 6.30. The Labute approximate surface area is 179 Å². The number of benzene rings is 1. The summed E-state index contributed by atoms with van der Waals surface area (Å²) in [6, 6.07) is 12.9. The van der Waals surface area contributed by atoms with Gasteiger partial charge < -0.3 is 25.5 Å². The first kappa shape index (κ1) is 20.4. The number of anilines is 1. The summed E-state index contributed by atoms with van der Waals surface area (Å²) in [5.41, 5.74) is 8.20. The Hall–Kier alpha value is -2.87. The number of aliphatic hydroxyl groups excluding tert-OH is 1. The van der Waals surface area contributed by atoms with Gasteiger partial charge in [0, 0.05) is 41.7 Å². The number of hydrogen-bond donors (Lipinski definition) is 3. The molecular weight excluding hydrogens is 404 g/mol. The lowest BCUT2D eigenvalue weighted by Crippen LogP contribution is -2.20. The molecule has 1 saturated heterocycles. The zero-order valence-electron chi connectivity index (χ0n) is 16.3. The monoisotopic (exact) mass is 426 g/mol. The molecule has 1 fully saturated rings. The number of carbonyl (C=O) groups excluding carboxylic acids is 1. The second-order valence-corrected chi connectivity index (χ2v) is 7.68. The van der Waals surface area contributed by atoms with E-state index in [1.165, 1.54) is 0 Å². The number of hydrogen-bond acceptors (Lipinski definition) is 5. The van der Waals surface area contributed by atoms with E-state index in [0.717, 1.165) is 24.3 Å². The molecule has 1 unspecified atom stereocenters. The minimum Gasteiger partial charge on any atom is -0.395 e. The van der Waals surface area contributed by atoms with Crippen molar-refractivity contribution >= 4 is 23.3 Å². The molecule has 2 aromatic heterocycles. The van der Waals surface area contributed by atoms with Crippen molar-refractivity contribution in [2.45, 2.75) is 18.4 Å². The van der Waals surface area contributed by atoms with E-state index in [2.05, 4.69) is 10.3 Å². The number of pyridine rings is 1. The molecule has 4 N–H and O–H groups in total. The summed E-state index contributed by atoms with van der Waals surface area (Å²) in [6.07, 6.45) is 4.41. The lowest BCUT2D eigenvalue weighted by molar-refractivity contribution is 0.0999. The highest BCUT2D eigenvalue weighted by Crippen LogP contribution is 2.32. The van der Waals surface area contributed by atoms with Gasteiger partial charge in [0.2, 0.25) is 0 Å². The zero-order valence-corrected chi connectivity index (χ0v) is 17.0. The minimum absolute atomic E-state index is 0.208. The number of halogens is 1. The van der Waals surface area contributed by atoms with Crippen molar-refractivity contribution in [3.8, 4) is 5.69 Å². The number of carbonyl (C=O) groups is 1. The normalized spacial score (nSPS) is 17.1. The van der Waals surface area contributed by atoms with Crippen LogP contribution in [0.1, 0.15) is 34.0 Å². The number of nitrogens with two attached hydrogens (primary N) is 1. The SMILES string of the molecule is NC(=O)c1ccn(-c2ccnc(NC3CCOC3)c2)c1[C@@H](CO)c1cccc(Cl)c1. The predicted octanol–water partition coefficient (Wildman–Crippen LogP) is 2.95. The van der Waals surface area contributed by atoms with Crippen LogP contribution in [0.4, 0.5) is 5.82 Å². The number of aromatic nitrogens is 2.